The lowest BCUT2D eigenvalue weighted by Gasteiger charge is -2.39. The Balaban J connectivity index is 1.80. The molecular formula is C22H23NO7S. The molecule has 1 fully saturated rings. The summed E-state index contributed by atoms with van der Waals surface area (Å²) in [4.78, 5) is 39.2. The van der Waals surface area contributed by atoms with Crippen LogP contribution >= 0.6 is 11.8 Å². The monoisotopic (exact) mass is 445 g/mol. The number of aromatic nitrogens is 1. The van der Waals surface area contributed by atoms with Gasteiger partial charge in [-0.25, -0.2) is 0 Å². The number of thioether (sulfide) groups is 1. The average Bonchev–Trinajstić information content (AvgIpc) is 2.72. The van der Waals surface area contributed by atoms with Crippen LogP contribution < -0.4 is 4.74 Å². The Labute approximate surface area is 184 Å². The number of benzene rings is 1. The maximum Gasteiger partial charge on any atom is 0.303 e. The highest BCUT2D eigenvalue weighted by molar-refractivity contribution is 7.99. The van der Waals surface area contributed by atoms with Gasteiger partial charge in [-0.1, -0.05) is 6.07 Å². The molecule has 2 aromatic rings. The van der Waals surface area contributed by atoms with Crippen LogP contribution in [0.1, 0.15) is 20.8 Å². The molecule has 0 amide bonds. The lowest BCUT2D eigenvalue weighted by atomic mass is 10.1. The van der Waals surface area contributed by atoms with Crippen LogP contribution in [0.5, 0.6) is 5.75 Å². The first-order chi connectivity index (χ1) is 14.8. The first-order valence-corrected chi connectivity index (χ1v) is 10.7. The fourth-order valence-corrected chi connectivity index (χ4v) is 4.40. The van der Waals surface area contributed by atoms with Gasteiger partial charge in [-0.15, -0.1) is 11.8 Å². The Hall–Kier alpha value is -3.07. The molecule has 2 heterocycles. The molecule has 0 saturated carbocycles. The van der Waals surface area contributed by atoms with Gasteiger partial charge in [0.05, 0.1) is 5.69 Å². The van der Waals surface area contributed by atoms with Gasteiger partial charge in [-0.05, 0) is 36.4 Å². The molecule has 8 nitrogen and oxygen atoms in total. The van der Waals surface area contributed by atoms with Crippen LogP contribution in [0.25, 0.3) is 11.3 Å². The third kappa shape index (κ3) is 6.21. The van der Waals surface area contributed by atoms with Crippen molar-refractivity contribution in [3.05, 3.63) is 48.7 Å². The summed E-state index contributed by atoms with van der Waals surface area (Å²) >= 11 is 1.31. The van der Waals surface area contributed by atoms with Crippen molar-refractivity contribution in [2.75, 3.05) is 5.75 Å². The van der Waals surface area contributed by atoms with Crippen molar-refractivity contribution in [1.29, 1.82) is 0 Å². The maximum absolute atomic E-state index is 11.7. The van der Waals surface area contributed by atoms with Crippen LogP contribution in [0.3, 0.4) is 0 Å². The van der Waals surface area contributed by atoms with Gasteiger partial charge in [0.15, 0.2) is 23.7 Å². The number of esters is 3. The quantitative estimate of drug-likeness (QED) is 0.490. The molecule has 1 aromatic heterocycles. The number of ether oxygens (including phenoxy) is 4. The summed E-state index contributed by atoms with van der Waals surface area (Å²) in [6, 6.07) is 13.0. The molecular weight excluding hydrogens is 422 g/mol. The largest absolute Gasteiger partial charge is 0.476 e. The second-order valence-electron chi connectivity index (χ2n) is 6.85. The van der Waals surface area contributed by atoms with E-state index in [4.69, 9.17) is 18.9 Å². The molecule has 1 saturated heterocycles. The smallest absolute Gasteiger partial charge is 0.303 e. The van der Waals surface area contributed by atoms with E-state index in [1.165, 1.54) is 32.5 Å². The van der Waals surface area contributed by atoms with E-state index in [9.17, 15) is 14.4 Å². The van der Waals surface area contributed by atoms with Crippen LogP contribution in [-0.4, -0.2) is 52.4 Å². The van der Waals surface area contributed by atoms with E-state index in [-0.39, 0.29) is 0 Å². The number of rotatable bonds is 6. The summed E-state index contributed by atoms with van der Waals surface area (Å²) in [6.07, 6.45) is -0.983. The van der Waals surface area contributed by atoms with Gasteiger partial charge in [0, 0.05) is 38.3 Å². The highest BCUT2D eigenvalue weighted by atomic mass is 32.2. The van der Waals surface area contributed by atoms with Crippen LogP contribution in [-0.2, 0) is 28.6 Å². The normalized spacial score (nSPS) is 22.8. The lowest BCUT2D eigenvalue weighted by Crippen LogP contribution is -2.55. The third-order valence-corrected chi connectivity index (χ3v) is 5.59. The molecule has 164 valence electrons. The van der Waals surface area contributed by atoms with Gasteiger partial charge in [0.25, 0.3) is 0 Å². The Morgan fingerprint density at radius 1 is 0.871 bits per heavy atom. The SMILES string of the molecule is CC(=O)O[C@@H]1[C@@H](OC(C)=O)[C@H](OC(C)=O)CS[C@H]1Oc1ccc(-c2ccccn2)cc1. The van der Waals surface area contributed by atoms with Crippen molar-refractivity contribution in [1.82, 2.24) is 4.98 Å². The highest BCUT2D eigenvalue weighted by Crippen LogP contribution is 2.34. The maximum atomic E-state index is 11.7. The van der Waals surface area contributed by atoms with Gasteiger partial charge >= 0.3 is 17.9 Å². The summed E-state index contributed by atoms with van der Waals surface area (Å²) in [5.74, 6) is -0.808. The second kappa shape index (κ2) is 10.3. The average molecular weight is 445 g/mol. The molecule has 0 unspecified atom stereocenters. The van der Waals surface area contributed by atoms with Crippen molar-refractivity contribution in [3.8, 4) is 17.0 Å². The van der Waals surface area contributed by atoms with Gasteiger partial charge in [0.1, 0.15) is 5.75 Å². The minimum Gasteiger partial charge on any atom is -0.476 e. The van der Waals surface area contributed by atoms with Crippen molar-refractivity contribution in [2.45, 2.75) is 44.5 Å². The zero-order valence-corrected chi connectivity index (χ0v) is 18.2. The van der Waals surface area contributed by atoms with Crippen LogP contribution in [0.4, 0.5) is 0 Å². The Morgan fingerprint density at radius 2 is 1.52 bits per heavy atom. The van der Waals surface area contributed by atoms with E-state index < -0.39 is 41.7 Å². The van der Waals surface area contributed by atoms with Gasteiger partial charge in [-0.3, -0.25) is 19.4 Å². The number of carbonyl (C=O) groups is 3. The summed E-state index contributed by atoms with van der Waals surface area (Å²) in [5.41, 5.74) is 1.09. The predicted octanol–water partition coefficient (Wildman–Crippen LogP) is 3.00. The number of nitrogens with zero attached hydrogens (tertiary/aromatic N) is 1. The molecule has 0 N–H and O–H groups in total. The van der Waals surface area contributed by atoms with Crippen molar-refractivity contribution in [2.24, 2.45) is 0 Å². The van der Waals surface area contributed by atoms with Crippen molar-refractivity contribution < 1.29 is 33.3 Å². The van der Waals surface area contributed by atoms with Crippen molar-refractivity contribution >= 4 is 29.7 Å². The molecule has 9 heteroatoms. The van der Waals surface area contributed by atoms with Gasteiger partial charge in [0.2, 0.25) is 0 Å². The molecule has 0 spiro atoms. The summed E-state index contributed by atoms with van der Waals surface area (Å²) in [6.45, 7) is 3.76. The zero-order chi connectivity index (χ0) is 22.4. The van der Waals surface area contributed by atoms with Crippen LogP contribution in [0.15, 0.2) is 48.7 Å². The van der Waals surface area contributed by atoms with E-state index in [1.54, 1.807) is 18.3 Å². The Kier molecular flexibility index (Phi) is 7.51. The second-order valence-corrected chi connectivity index (χ2v) is 7.99. The highest BCUT2D eigenvalue weighted by Gasteiger charge is 2.47. The summed E-state index contributed by atoms with van der Waals surface area (Å²) in [5, 5.41) is 0. The molecule has 0 radical (unpaired) electrons. The van der Waals surface area contributed by atoms with E-state index in [0.717, 1.165) is 11.3 Å². The molecule has 0 bridgehead atoms. The molecule has 31 heavy (non-hydrogen) atoms. The lowest BCUT2D eigenvalue weighted by molar-refractivity contribution is -0.186. The van der Waals surface area contributed by atoms with E-state index >= 15 is 0 Å². The fraction of sp³-hybridized carbons (Fsp3) is 0.364. The number of carbonyl (C=O) groups excluding carboxylic acids is 3. The first-order valence-electron chi connectivity index (χ1n) is 9.65. The number of hydrogen-bond acceptors (Lipinski definition) is 9. The van der Waals surface area contributed by atoms with Gasteiger partial charge in [-0.2, -0.15) is 0 Å². The van der Waals surface area contributed by atoms with Crippen LogP contribution in [0, 0.1) is 0 Å². The Morgan fingerprint density at radius 3 is 2.10 bits per heavy atom. The summed E-state index contributed by atoms with van der Waals surface area (Å²) in [7, 11) is 0. The molecule has 1 aliphatic heterocycles. The van der Waals surface area contributed by atoms with E-state index in [2.05, 4.69) is 4.98 Å². The van der Waals surface area contributed by atoms with Gasteiger partial charge < -0.3 is 18.9 Å². The van der Waals surface area contributed by atoms with E-state index in [1.807, 2.05) is 30.3 Å². The topological polar surface area (TPSA) is 101 Å². The minimum absolute atomic E-state index is 0.311. The standard InChI is InChI=1S/C22H23NO7S/c1-13(24)27-19-12-31-22(21(29-15(3)26)20(19)28-14(2)25)30-17-9-7-16(8-10-17)18-6-4-5-11-23-18/h4-11,19-22H,12H2,1-3H3/t19-,20+,21-,22-/m1/s1. The molecule has 1 aromatic carbocycles. The zero-order valence-electron chi connectivity index (χ0n) is 17.3. The van der Waals surface area contributed by atoms with Crippen molar-refractivity contribution in [3.63, 3.8) is 0 Å². The van der Waals surface area contributed by atoms with Crippen LogP contribution in [0.2, 0.25) is 0 Å². The molecule has 1 aliphatic rings. The summed E-state index contributed by atoms with van der Waals surface area (Å²) < 4.78 is 22.1. The predicted molar refractivity (Wildman–Crippen MR) is 113 cm³/mol. The number of hydrogen-bond donors (Lipinski definition) is 0. The molecule has 0 aliphatic carbocycles. The molecule has 4 atom stereocenters. The minimum atomic E-state index is -0.982. The fourth-order valence-electron chi connectivity index (χ4n) is 3.18. The third-order valence-electron chi connectivity index (χ3n) is 4.37. The number of pyridine rings is 1. The first kappa shape index (κ1) is 22.6. The van der Waals surface area contributed by atoms with E-state index in [0.29, 0.717) is 11.5 Å². The Bertz CT molecular complexity index is 919. The molecule has 3 rings (SSSR count).